The smallest absolute Gasteiger partial charge is 0.0955 e. The second-order valence-electron chi connectivity index (χ2n) is 6.16. The Balaban J connectivity index is 2.58. The molecule has 2 rings (SSSR count). The summed E-state index contributed by atoms with van der Waals surface area (Å²) in [5.41, 5.74) is 12.8. The van der Waals surface area contributed by atoms with Crippen LogP contribution in [0.2, 0.25) is 0 Å². The van der Waals surface area contributed by atoms with Crippen LogP contribution in [0.5, 0.6) is 0 Å². The van der Waals surface area contributed by atoms with Gasteiger partial charge in [-0.15, -0.1) is 0 Å². The minimum Gasteiger partial charge on any atom is -0.325 e. The molecule has 0 spiro atoms. The van der Waals surface area contributed by atoms with Gasteiger partial charge in [-0.1, -0.05) is 32.9 Å². The van der Waals surface area contributed by atoms with Crippen molar-refractivity contribution in [1.29, 1.82) is 0 Å². The van der Waals surface area contributed by atoms with Gasteiger partial charge in [0.2, 0.25) is 0 Å². The van der Waals surface area contributed by atoms with E-state index in [0.717, 1.165) is 17.0 Å². The van der Waals surface area contributed by atoms with Crippen LogP contribution in [0.3, 0.4) is 0 Å². The number of rotatable bonds is 2. The Bertz CT molecular complexity index is 589. The van der Waals surface area contributed by atoms with Gasteiger partial charge < -0.3 is 5.73 Å². The van der Waals surface area contributed by atoms with Gasteiger partial charge in [0.05, 0.1) is 11.4 Å². The molecule has 0 aliphatic rings. The van der Waals surface area contributed by atoms with Crippen molar-refractivity contribution < 1.29 is 0 Å². The number of aromatic nitrogens is 2. The van der Waals surface area contributed by atoms with Crippen LogP contribution in [-0.2, 0) is 12.0 Å². The van der Waals surface area contributed by atoms with Crippen molar-refractivity contribution in [2.24, 2.45) is 5.73 Å². The molecule has 0 bridgehead atoms. The van der Waals surface area contributed by atoms with Gasteiger partial charge in [0.25, 0.3) is 0 Å². The van der Waals surface area contributed by atoms with Crippen LogP contribution in [0.25, 0.3) is 11.3 Å². The Kier molecular flexibility index (Phi) is 3.50. The molecular weight excluding hydrogens is 234 g/mol. The van der Waals surface area contributed by atoms with Gasteiger partial charge in [0.15, 0.2) is 0 Å². The molecule has 1 aromatic heterocycles. The standard InChI is InChI=1S/C16H23N3/c1-10-6-7-12(16(3,4)5)8-13(10)15-11(2)14(9-17)18-19-15/h6-8H,9,17H2,1-5H3,(H,18,19). The molecular formula is C16H23N3. The Morgan fingerprint density at radius 1 is 1.21 bits per heavy atom. The highest BCUT2D eigenvalue weighted by molar-refractivity contribution is 5.68. The van der Waals surface area contributed by atoms with Gasteiger partial charge in [-0.05, 0) is 42.0 Å². The van der Waals surface area contributed by atoms with Crippen molar-refractivity contribution in [2.45, 2.75) is 46.6 Å². The predicted octanol–water partition coefficient (Wildman–Crippen LogP) is 3.45. The fourth-order valence-electron chi connectivity index (χ4n) is 2.24. The molecule has 0 aliphatic carbocycles. The minimum absolute atomic E-state index is 0.142. The number of aryl methyl sites for hydroxylation is 1. The highest BCUT2D eigenvalue weighted by Crippen LogP contribution is 2.31. The van der Waals surface area contributed by atoms with Crippen LogP contribution in [0, 0.1) is 13.8 Å². The number of nitrogens with one attached hydrogen (secondary N) is 1. The zero-order valence-corrected chi connectivity index (χ0v) is 12.5. The van der Waals surface area contributed by atoms with E-state index in [1.165, 1.54) is 16.7 Å². The quantitative estimate of drug-likeness (QED) is 0.865. The lowest BCUT2D eigenvalue weighted by Crippen LogP contribution is -2.11. The molecule has 1 heterocycles. The van der Waals surface area contributed by atoms with Crippen molar-refractivity contribution in [3.8, 4) is 11.3 Å². The molecule has 0 radical (unpaired) electrons. The first-order valence-electron chi connectivity index (χ1n) is 6.70. The third-order valence-electron chi connectivity index (χ3n) is 3.67. The van der Waals surface area contributed by atoms with E-state index < -0.39 is 0 Å². The molecule has 3 heteroatoms. The van der Waals surface area contributed by atoms with Gasteiger partial charge in [-0.25, -0.2) is 0 Å². The number of hydrogen-bond donors (Lipinski definition) is 2. The molecule has 3 N–H and O–H groups in total. The number of nitrogens with two attached hydrogens (primary N) is 1. The summed E-state index contributed by atoms with van der Waals surface area (Å²) in [6, 6.07) is 6.62. The van der Waals surface area contributed by atoms with E-state index in [1.807, 2.05) is 0 Å². The summed E-state index contributed by atoms with van der Waals surface area (Å²) in [4.78, 5) is 0. The Hall–Kier alpha value is -1.61. The first-order chi connectivity index (χ1) is 8.84. The van der Waals surface area contributed by atoms with Crippen LogP contribution in [0.1, 0.15) is 43.2 Å². The minimum atomic E-state index is 0.142. The number of H-pyrrole nitrogens is 1. The SMILES string of the molecule is Cc1ccc(C(C)(C)C)cc1-c1n[nH]c(CN)c1C. The normalized spacial score (nSPS) is 11.9. The topological polar surface area (TPSA) is 54.7 Å². The fourth-order valence-corrected chi connectivity index (χ4v) is 2.24. The second kappa shape index (κ2) is 4.82. The maximum Gasteiger partial charge on any atom is 0.0955 e. The third-order valence-corrected chi connectivity index (χ3v) is 3.67. The summed E-state index contributed by atoms with van der Waals surface area (Å²) in [5, 5.41) is 7.47. The molecule has 19 heavy (non-hydrogen) atoms. The van der Waals surface area contributed by atoms with E-state index in [4.69, 9.17) is 5.73 Å². The summed E-state index contributed by atoms with van der Waals surface area (Å²) in [7, 11) is 0. The van der Waals surface area contributed by atoms with E-state index in [-0.39, 0.29) is 5.41 Å². The molecule has 102 valence electrons. The van der Waals surface area contributed by atoms with Crippen LogP contribution < -0.4 is 5.73 Å². The van der Waals surface area contributed by atoms with Crippen molar-refractivity contribution >= 4 is 0 Å². The van der Waals surface area contributed by atoms with Crippen LogP contribution >= 0.6 is 0 Å². The summed E-state index contributed by atoms with van der Waals surface area (Å²) in [5.74, 6) is 0. The molecule has 3 nitrogen and oxygen atoms in total. The average Bonchev–Trinajstić information content (AvgIpc) is 2.69. The van der Waals surface area contributed by atoms with Crippen molar-refractivity contribution in [3.63, 3.8) is 0 Å². The van der Waals surface area contributed by atoms with Gasteiger partial charge in [-0.2, -0.15) is 5.10 Å². The molecule has 0 atom stereocenters. The van der Waals surface area contributed by atoms with E-state index in [1.54, 1.807) is 0 Å². The molecule has 0 fully saturated rings. The summed E-state index contributed by atoms with van der Waals surface area (Å²) < 4.78 is 0. The van der Waals surface area contributed by atoms with Crippen molar-refractivity contribution in [1.82, 2.24) is 10.2 Å². The van der Waals surface area contributed by atoms with Gasteiger partial charge in [0, 0.05) is 12.1 Å². The number of benzene rings is 1. The zero-order valence-electron chi connectivity index (χ0n) is 12.5. The molecule has 0 amide bonds. The summed E-state index contributed by atoms with van der Waals surface area (Å²) in [6.45, 7) is 11.4. The Morgan fingerprint density at radius 2 is 1.89 bits per heavy atom. The average molecular weight is 257 g/mol. The van der Waals surface area contributed by atoms with E-state index in [9.17, 15) is 0 Å². The molecule has 0 aliphatic heterocycles. The first kappa shape index (κ1) is 13.8. The summed E-state index contributed by atoms with van der Waals surface area (Å²) >= 11 is 0. The maximum atomic E-state index is 5.71. The molecule has 0 unspecified atom stereocenters. The number of hydrogen-bond acceptors (Lipinski definition) is 2. The summed E-state index contributed by atoms with van der Waals surface area (Å²) in [6.07, 6.45) is 0. The zero-order chi connectivity index (χ0) is 14.2. The van der Waals surface area contributed by atoms with E-state index >= 15 is 0 Å². The van der Waals surface area contributed by atoms with Crippen LogP contribution in [-0.4, -0.2) is 10.2 Å². The lowest BCUT2D eigenvalue weighted by atomic mass is 9.84. The van der Waals surface area contributed by atoms with Gasteiger partial charge in [0.1, 0.15) is 0 Å². The molecule has 1 aromatic carbocycles. The number of aromatic amines is 1. The fraction of sp³-hybridized carbons (Fsp3) is 0.438. The molecule has 0 saturated carbocycles. The van der Waals surface area contributed by atoms with Crippen LogP contribution in [0.15, 0.2) is 18.2 Å². The highest BCUT2D eigenvalue weighted by atomic mass is 15.1. The van der Waals surface area contributed by atoms with E-state index in [2.05, 4.69) is 63.0 Å². The van der Waals surface area contributed by atoms with E-state index in [0.29, 0.717) is 6.54 Å². The second-order valence-corrected chi connectivity index (χ2v) is 6.16. The predicted molar refractivity (Wildman–Crippen MR) is 80.1 cm³/mol. The lowest BCUT2D eigenvalue weighted by molar-refractivity contribution is 0.590. The van der Waals surface area contributed by atoms with Gasteiger partial charge in [-0.3, -0.25) is 5.10 Å². The highest BCUT2D eigenvalue weighted by Gasteiger charge is 2.17. The maximum absolute atomic E-state index is 5.71. The van der Waals surface area contributed by atoms with Crippen LogP contribution in [0.4, 0.5) is 0 Å². The largest absolute Gasteiger partial charge is 0.325 e. The third kappa shape index (κ3) is 2.56. The Labute approximate surface area is 115 Å². The first-order valence-corrected chi connectivity index (χ1v) is 6.70. The monoisotopic (exact) mass is 257 g/mol. The Morgan fingerprint density at radius 3 is 2.42 bits per heavy atom. The van der Waals surface area contributed by atoms with Gasteiger partial charge >= 0.3 is 0 Å². The number of nitrogens with zero attached hydrogens (tertiary/aromatic N) is 1. The molecule has 0 saturated heterocycles. The van der Waals surface area contributed by atoms with Crippen molar-refractivity contribution in [2.75, 3.05) is 0 Å². The lowest BCUT2D eigenvalue weighted by Gasteiger charge is -2.20. The molecule has 2 aromatic rings. The van der Waals surface area contributed by atoms with Crippen molar-refractivity contribution in [3.05, 3.63) is 40.6 Å².